The number of furan rings is 1. The van der Waals surface area contributed by atoms with E-state index in [-0.39, 0.29) is 6.17 Å². The van der Waals surface area contributed by atoms with Gasteiger partial charge < -0.3 is 9.73 Å². The van der Waals surface area contributed by atoms with Gasteiger partial charge in [-0.2, -0.15) is 0 Å². The molecule has 1 aliphatic carbocycles. The summed E-state index contributed by atoms with van der Waals surface area (Å²) >= 11 is 1.81. The maximum absolute atomic E-state index is 6.60. The van der Waals surface area contributed by atoms with Gasteiger partial charge in [0, 0.05) is 37.4 Å². The number of anilines is 1. The standard InChI is InChI=1S/C42H28N2OS/c1-2-10-25(11-3-1)28-20-21-36-33(23-28)34-24-35(30-14-6-7-15-31(30)40(34)45-36)42-43-38(29-19-18-26-12-4-5-13-27(26)22-29)41-39(44-42)32-16-8-9-17-37(32)46-41/h1-2,4-10,12-24,42,44H,3,11H2. The molecule has 218 valence electrons. The molecule has 0 saturated heterocycles. The van der Waals surface area contributed by atoms with Crippen molar-refractivity contribution in [1.29, 1.82) is 0 Å². The van der Waals surface area contributed by atoms with Gasteiger partial charge in [0.1, 0.15) is 17.3 Å². The molecule has 0 spiro atoms. The van der Waals surface area contributed by atoms with Gasteiger partial charge in [0.15, 0.2) is 0 Å². The lowest BCUT2D eigenvalue weighted by atomic mass is 9.94. The van der Waals surface area contributed by atoms with Crippen molar-refractivity contribution in [3.63, 3.8) is 0 Å². The van der Waals surface area contributed by atoms with Crippen molar-refractivity contribution >= 4 is 81.9 Å². The van der Waals surface area contributed by atoms with Gasteiger partial charge in [-0.1, -0.05) is 103 Å². The van der Waals surface area contributed by atoms with E-state index in [1.807, 2.05) is 11.3 Å². The number of rotatable bonds is 3. The molecule has 1 N–H and O–H groups in total. The molecule has 1 aliphatic heterocycles. The second-order valence-corrected chi connectivity index (χ2v) is 13.3. The van der Waals surface area contributed by atoms with Gasteiger partial charge >= 0.3 is 0 Å². The Morgan fingerprint density at radius 3 is 2.39 bits per heavy atom. The van der Waals surface area contributed by atoms with E-state index in [9.17, 15) is 0 Å². The number of allylic oxidation sites excluding steroid dienone is 4. The van der Waals surface area contributed by atoms with Gasteiger partial charge in [0.2, 0.25) is 0 Å². The molecule has 46 heavy (non-hydrogen) atoms. The van der Waals surface area contributed by atoms with Crippen LogP contribution in [0.4, 0.5) is 5.69 Å². The Kier molecular flexibility index (Phi) is 5.63. The Hall–Kier alpha value is -5.45. The van der Waals surface area contributed by atoms with E-state index in [1.165, 1.54) is 36.9 Å². The van der Waals surface area contributed by atoms with Gasteiger partial charge in [-0.05, 0) is 70.5 Å². The second kappa shape index (κ2) is 10.0. The van der Waals surface area contributed by atoms with E-state index in [0.717, 1.165) is 68.1 Å². The molecule has 3 nitrogen and oxygen atoms in total. The molecular formula is C42H28N2OS. The molecule has 1 atom stereocenters. The van der Waals surface area contributed by atoms with E-state index in [2.05, 4.69) is 139 Å². The van der Waals surface area contributed by atoms with Crippen molar-refractivity contribution in [3.05, 3.63) is 155 Å². The Labute approximate surface area is 269 Å². The number of nitrogens with zero attached hydrogens (tertiary/aromatic N) is 1. The highest BCUT2D eigenvalue weighted by Gasteiger charge is 2.29. The molecule has 0 fully saturated rings. The van der Waals surface area contributed by atoms with Crippen molar-refractivity contribution in [2.75, 3.05) is 5.32 Å². The smallest absolute Gasteiger partial charge is 0.146 e. The Balaban J connectivity index is 1.22. The molecule has 3 heterocycles. The van der Waals surface area contributed by atoms with Crippen LogP contribution in [0.3, 0.4) is 0 Å². The minimum atomic E-state index is -0.277. The largest absolute Gasteiger partial charge is 0.455 e. The van der Waals surface area contributed by atoms with Crippen molar-refractivity contribution in [1.82, 2.24) is 0 Å². The highest BCUT2D eigenvalue weighted by Crippen LogP contribution is 2.46. The van der Waals surface area contributed by atoms with Crippen molar-refractivity contribution in [2.45, 2.75) is 19.0 Å². The number of hydrogen-bond acceptors (Lipinski definition) is 4. The number of benzene rings is 6. The Morgan fingerprint density at radius 2 is 1.50 bits per heavy atom. The summed E-state index contributed by atoms with van der Waals surface area (Å²) < 4.78 is 7.85. The number of thiophene rings is 1. The Morgan fingerprint density at radius 1 is 0.696 bits per heavy atom. The molecule has 1 unspecified atom stereocenters. The first kappa shape index (κ1) is 25.8. The fourth-order valence-corrected chi connectivity index (χ4v) is 8.48. The average molecular weight is 609 g/mol. The molecule has 6 aromatic carbocycles. The van der Waals surface area contributed by atoms with E-state index in [1.54, 1.807) is 0 Å². The molecule has 0 saturated carbocycles. The summed E-state index contributed by atoms with van der Waals surface area (Å²) in [6, 6.07) is 41.5. The highest BCUT2D eigenvalue weighted by molar-refractivity contribution is 7.22. The fraction of sp³-hybridized carbons (Fsp3) is 0.0714. The fourth-order valence-electron chi connectivity index (χ4n) is 7.30. The summed E-state index contributed by atoms with van der Waals surface area (Å²) in [5.41, 5.74) is 8.95. The van der Waals surface area contributed by atoms with E-state index >= 15 is 0 Å². The van der Waals surface area contributed by atoms with Crippen molar-refractivity contribution < 1.29 is 4.42 Å². The van der Waals surface area contributed by atoms with Crippen molar-refractivity contribution in [2.24, 2.45) is 4.99 Å². The SMILES string of the molecule is C1=CCCC(c2ccc3oc4c5ccccc5c(C5N=C(c6ccc7ccccc7c6)c6sc7ccccc7c6N5)cc4c3c2)=C1. The topological polar surface area (TPSA) is 37.5 Å². The summed E-state index contributed by atoms with van der Waals surface area (Å²) in [5.74, 6) is 0. The summed E-state index contributed by atoms with van der Waals surface area (Å²) in [6.45, 7) is 0. The summed E-state index contributed by atoms with van der Waals surface area (Å²) in [7, 11) is 0. The first-order valence-electron chi connectivity index (χ1n) is 15.9. The lowest BCUT2D eigenvalue weighted by Crippen LogP contribution is -2.19. The quantitative estimate of drug-likeness (QED) is 0.217. The molecule has 4 heteroatoms. The number of aliphatic imine (C=N–C) groups is 1. The summed E-state index contributed by atoms with van der Waals surface area (Å²) in [4.78, 5) is 6.73. The molecule has 0 bridgehead atoms. The van der Waals surface area contributed by atoms with Gasteiger partial charge in [0.05, 0.1) is 16.3 Å². The maximum atomic E-state index is 6.60. The zero-order valence-corrected chi connectivity index (χ0v) is 25.8. The first-order valence-corrected chi connectivity index (χ1v) is 16.7. The second-order valence-electron chi connectivity index (χ2n) is 12.2. The van der Waals surface area contributed by atoms with Gasteiger partial charge in [-0.25, -0.2) is 0 Å². The summed E-state index contributed by atoms with van der Waals surface area (Å²) in [6.07, 6.45) is 8.51. The van der Waals surface area contributed by atoms with Gasteiger partial charge in [0.25, 0.3) is 0 Å². The van der Waals surface area contributed by atoms with E-state index in [0.29, 0.717) is 0 Å². The zero-order chi connectivity index (χ0) is 30.2. The van der Waals surface area contributed by atoms with Crippen LogP contribution in [0.1, 0.15) is 40.6 Å². The molecule has 2 aliphatic rings. The first-order chi connectivity index (χ1) is 22.8. The number of hydrogen-bond donors (Lipinski definition) is 1. The molecule has 0 radical (unpaired) electrons. The van der Waals surface area contributed by atoms with Gasteiger partial charge in [-0.15, -0.1) is 11.3 Å². The molecule has 8 aromatic rings. The minimum absolute atomic E-state index is 0.277. The van der Waals surface area contributed by atoms with Crippen LogP contribution in [0.2, 0.25) is 0 Å². The van der Waals surface area contributed by atoms with Crippen LogP contribution in [-0.4, -0.2) is 5.71 Å². The lowest BCUT2D eigenvalue weighted by molar-refractivity contribution is 0.672. The van der Waals surface area contributed by atoms with Crippen LogP contribution in [0, 0.1) is 0 Å². The van der Waals surface area contributed by atoms with Crippen LogP contribution >= 0.6 is 11.3 Å². The Bertz CT molecular complexity index is 2630. The van der Waals surface area contributed by atoms with Crippen LogP contribution in [0.5, 0.6) is 0 Å². The van der Waals surface area contributed by atoms with Crippen LogP contribution in [0.15, 0.2) is 143 Å². The van der Waals surface area contributed by atoms with Gasteiger partial charge in [-0.3, -0.25) is 4.99 Å². The highest BCUT2D eigenvalue weighted by atomic mass is 32.1. The predicted octanol–water partition coefficient (Wildman–Crippen LogP) is 11.8. The average Bonchev–Trinajstić information content (AvgIpc) is 3.69. The van der Waals surface area contributed by atoms with E-state index in [4.69, 9.17) is 9.41 Å². The molecular weight excluding hydrogens is 581 g/mol. The number of fused-ring (bicyclic) bond motifs is 9. The molecule has 10 rings (SSSR count). The third-order valence-corrected chi connectivity index (χ3v) is 10.7. The van der Waals surface area contributed by atoms with Crippen LogP contribution in [0.25, 0.3) is 59.1 Å². The molecule has 0 amide bonds. The predicted molar refractivity (Wildman–Crippen MR) is 195 cm³/mol. The van der Waals surface area contributed by atoms with Crippen LogP contribution in [-0.2, 0) is 0 Å². The normalized spacial score (nSPS) is 16.2. The third kappa shape index (κ3) is 3.93. The summed E-state index contributed by atoms with van der Waals surface area (Å²) in [5, 5.41) is 12.1. The zero-order valence-electron chi connectivity index (χ0n) is 25.0. The van der Waals surface area contributed by atoms with Crippen molar-refractivity contribution in [3.8, 4) is 0 Å². The minimum Gasteiger partial charge on any atom is -0.455 e. The van der Waals surface area contributed by atoms with Crippen LogP contribution < -0.4 is 5.32 Å². The third-order valence-electron chi connectivity index (χ3n) is 9.56. The monoisotopic (exact) mass is 608 g/mol. The molecule has 2 aromatic heterocycles. The number of nitrogens with one attached hydrogen (secondary N) is 1. The van der Waals surface area contributed by atoms with E-state index < -0.39 is 0 Å². The maximum Gasteiger partial charge on any atom is 0.146 e. The lowest BCUT2D eigenvalue weighted by Gasteiger charge is -2.25.